The fourth-order valence-electron chi connectivity index (χ4n) is 10.6. The van der Waals surface area contributed by atoms with Gasteiger partial charge in [-0.1, -0.05) is 13.8 Å². The summed E-state index contributed by atoms with van der Waals surface area (Å²) in [5, 5.41) is 33.3. The molecule has 678 valence electrons. The number of carbonyl (C=O) groups is 17. The summed E-state index contributed by atoms with van der Waals surface area (Å²) in [5.41, 5.74) is -0.639. The van der Waals surface area contributed by atoms with E-state index >= 15 is 0 Å². The van der Waals surface area contributed by atoms with Crippen molar-refractivity contribution in [3.63, 3.8) is 0 Å². The molecule has 0 unspecified atom stereocenters. The highest BCUT2D eigenvalue weighted by Crippen LogP contribution is 2.18. The molecule has 38 heteroatoms. The molecule has 14 amide bonds. The van der Waals surface area contributed by atoms with Crippen molar-refractivity contribution in [2.45, 2.75) is 362 Å². The van der Waals surface area contributed by atoms with E-state index in [1.807, 2.05) is 0 Å². The summed E-state index contributed by atoms with van der Waals surface area (Å²) in [6.45, 7) is 36.5. The zero-order chi connectivity index (χ0) is 91.6. The smallest absolute Gasteiger partial charge is 0.407 e. The summed E-state index contributed by atoms with van der Waals surface area (Å²) in [4.78, 5) is 232. The van der Waals surface area contributed by atoms with Crippen molar-refractivity contribution < 1.29 is 115 Å². The van der Waals surface area contributed by atoms with Crippen LogP contribution in [0.1, 0.15) is 275 Å². The number of hydrogen-bond acceptors (Lipinski definition) is 24. The lowest BCUT2D eigenvalue weighted by Crippen LogP contribution is -2.60. The van der Waals surface area contributed by atoms with Gasteiger partial charge in [0.2, 0.25) is 59.1 Å². The maximum Gasteiger partial charge on any atom is 0.407 e. The van der Waals surface area contributed by atoms with Crippen LogP contribution in [0.2, 0.25) is 0 Å². The largest absolute Gasteiger partial charge is 0.460 e. The van der Waals surface area contributed by atoms with Crippen LogP contribution in [-0.2, 0) is 95.5 Å². The molecule has 0 fully saturated rings. The highest BCUT2D eigenvalue weighted by Gasteiger charge is 2.38. The molecule has 0 bridgehead atoms. The molecule has 0 aromatic carbocycles. The molecule has 38 nitrogen and oxygen atoms in total. The Morgan fingerprint density at radius 2 is 0.580 bits per heavy atom. The fraction of sp³-hybridized carbons (Fsp3) is 0.765. The second kappa shape index (κ2) is 51.9. The third-order valence-corrected chi connectivity index (χ3v) is 15.7. The van der Waals surface area contributed by atoms with E-state index in [-0.39, 0.29) is 110 Å². The Balaban J connectivity index is 7.80. The van der Waals surface area contributed by atoms with Gasteiger partial charge in [-0.05, 0) is 235 Å². The summed E-state index contributed by atoms with van der Waals surface area (Å²) in [6, 6.07) is -12.7. The number of alkyl carbamates (subject to hydrolysis) is 4. The Kier molecular flexibility index (Phi) is 47.5. The first-order valence-corrected chi connectivity index (χ1v) is 40.5. The molecule has 119 heavy (non-hydrogen) atoms. The molecular formula is C81H140N14O24. The van der Waals surface area contributed by atoms with E-state index in [4.69, 9.17) is 45.3 Å². The third-order valence-electron chi connectivity index (χ3n) is 15.7. The molecule has 0 spiro atoms. The van der Waals surface area contributed by atoms with E-state index in [2.05, 4.69) is 75.0 Å². The predicted molar refractivity (Wildman–Crippen MR) is 439 cm³/mol. The first-order valence-electron chi connectivity index (χ1n) is 40.5. The SMILES string of the molecule is C#CCCC(=O)N[C@@H](CC(=O)OC(C)(C)C)C(=O)N[C@@H](CCC(=O)OC(C)(C)C)C(=O)N[C@H](C(=O)N[C@@H](CC(=O)OC(C)(C)C)C(=O)NCC(=O)N[C@@H](CCCCNC(=O)OC(C)(C)C)C(=O)N[C@@H](CCCCNC(=O)OC(C)(C)C)C(=O)N[C@@H](CCCCNC(=O)OC(C)(C)C)C(=O)N[C@@H](CCCCNC(=O)OC(C)(C)C)C(N)=O)C(C)C. The zero-order valence-electron chi connectivity index (χ0n) is 74.4. The minimum absolute atomic E-state index is 0.00228. The van der Waals surface area contributed by atoms with Gasteiger partial charge in [0, 0.05) is 45.4 Å². The average molecular weight is 1690 g/mol. The standard InChI is InChI=1S/C81H140N14O24/c1-25-26-39-57(96)89-56(47-61(100)115-77(10,11)12)69(107)93-54(40-41-59(98)113-75(4,5)6)68(106)95-62(49(2)3)70(108)94-55(46-60(99)114-76(7,8)9)64(102)87-48-58(97)88-51(36-28-32-43-84-72(110)117-79(16,17)18)65(103)91-53(38-30-34-45-86-74(112)119-81(22,23)24)67(105)92-52(37-29-33-44-85-73(111)118-80(19,20)21)66(104)90-50(63(82)101)35-27-31-42-83-71(109)116-78(13,14)15/h1,49-56,62H,26-48H2,2-24H3,(H2,82,101)(H,83,109)(H,84,110)(H,85,111)(H,86,112)(H,87,102)(H,88,97)(H,89,96)(H,90,104)(H,91,103)(H,92,105)(H,93,107)(H,94,108)(H,95,106)/t50-,51-,52-,53-,54-,55-,56-,62-/m0/s1. The molecular weight excluding hydrogens is 1550 g/mol. The minimum Gasteiger partial charge on any atom is -0.460 e. The Hall–Kier alpha value is -10.2. The zero-order valence-corrected chi connectivity index (χ0v) is 74.4. The lowest BCUT2D eigenvalue weighted by molar-refractivity contribution is -0.157. The van der Waals surface area contributed by atoms with Crippen LogP contribution in [-0.4, -0.2) is 222 Å². The lowest BCUT2D eigenvalue weighted by Gasteiger charge is -2.29. The topological polar surface area (TPSA) is 537 Å². The average Bonchev–Trinajstić information content (AvgIpc) is 0.845. The highest BCUT2D eigenvalue weighted by molar-refractivity contribution is 5.99. The van der Waals surface area contributed by atoms with Crippen molar-refractivity contribution in [2.75, 3.05) is 32.7 Å². The number of terminal acetylenes is 1. The van der Waals surface area contributed by atoms with Gasteiger partial charge in [-0.25, -0.2) is 19.2 Å². The van der Waals surface area contributed by atoms with Gasteiger partial charge >= 0.3 is 42.3 Å². The number of hydrogen-bond donors (Lipinski definition) is 14. The van der Waals surface area contributed by atoms with Crippen LogP contribution < -0.4 is 74.9 Å². The van der Waals surface area contributed by atoms with Gasteiger partial charge in [-0.3, -0.25) is 62.3 Å². The van der Waals surface area contributed by atoms with Crippen LogP contribution in [0.3, 0.4) is 0 Å². The molecule has 0 saturated heterocycles. The van der Waals surface area contributed by atoms with Crippen LogP contribution in [0.4, 0.5) is 19.2 Å². The third kappa shape index (κ3) is 56.0. The van der Waals surface area contributed by atoms with Crippen LogP contribution >= 0.6 is 0 Å². The maximum atomic E-state index is 14.9. The van der Waals surface area contributed by atoms with E-state index < -0.39 is 227 Å². The minimum atomic E-state index is -1.88. The van der Waals surface area contributed by atoms with E-state index in [0.29, 0.717) is 6.42 Å². The van der Waals surface area contributed by atoms with Crippen LogP contribution in [0.25, 0.3) is 0 Å². The molecule has 0 aliphatic rings. The number of nitrogens with one attached hydrogen (secondary N) is 13. The quantitative estimate of drug-likeness (QED) is 0.0167. The van der Waals surface area contributed by atoms with Crippen molar-refractivity contribution >= 4 is 101 Å². The number of primary amides is 1. The number of rotatable bonds is 48. The molecule has 0 radical (unpaired) electrons. The van der Waals surface area contributed by atoms with E-state index in [9.17, 15) is 81.5 Å². The molecule has 0 aromatic rings. The molecule has 0 rings (SSSR count). The lowest BCUT2D eigenvalue weighted by atomic mass is 10.0. The van der Waals surface area contributed by atoms with Gasteiger partial charge < -0.3 is 108 Å². The molecule has 0 aliphatic carbocycles. The van der Waals surface area contributed by atoms with Gasteiger partial charge in [-0.15, -0.1) is 12.3 Å². The van der Waals surface area contributed by atoms with Crippen molar-refractivity contribution in [1.29, 1.82) is 0 Å². The highest BCUT2D eigenvalue weighted by atomic mass is 16.6. The normalized spacial score (nSPS) is 13.8. The first kappa shape index (κ1) is 109. The Morgan fingerprint density at radius 1 is 0.303 bits per heavy atom. The molecule has 0 saturated carbocycles. The number of ether oxygens (including phenoxy) is 7. The van der Waals surface area contributed by atoms with Gasteiger partial charge in [-0.2, -0.15) is 0 Å². The first-order chi connectivity index (χ1) is 54.6. The number of esters is 3. The second-order valence-corrected chi connectivity index (χ2v) is 36.0. The summed E-state index contributed by atoms with van der Waals surface area (Å²) in [5.74, 6) is -11.2. The Morgan fingerprint density at radius 3 is 0.908 bits per heavy atom. The number of carbonyl (C=O) groups excluding carboxylic acids is 17. The summed E-state index contributed by atoms with van der Waals surface area (Å²) in [7, 11) is 0. The molecule has 0 aromatic heterocycles. The molecule has 15 N–H and O–H groups in total. The van der Waals surface area contributed by atoms with Crippen LogP contribution in [0.5, 0.6) is 0 Å². The van der Waals surface area contributed by atoms with Crippen molar-refractivity contribution in [3.8, 4) is 12.3 Å². The maximum absolute atomic E-state index is 14.9. The number of nitrogens with two attached hydrogens (primary N) is 1. The fourth-order valence-corrected chi connectivity index (χ4v) is 10.6. The van der Waals surface area contributed by atoms with Crippen molar-refractivity contribution in [3.05, 3.63) is 0 Å². The van der Waals surface area contributed by atoms with Crippen molar-refractivity contribution in [2.24, 2.45) is 11.7 Å². The molecule has 0 heterocycles. The van der Waals surface area contributed by atoms with Gasteiger partial charge in [0.25, 0.3) is 0 Å². The molecule has 8 atom stereocenters. The van der Waals surface area contributed by atoms with E-state index in [1.165, 1.54) is 34.6 Å². The molecule has 0 aliphatic heterocycles. The second-order valence-electron chi connectivity index (χ2n) is 36.0. The van der Waals surface area contributed by atoms with Crippen molar-refractivity contribution in [1.82, 2.24) is 69.1 Å². The van der Waals surface area contributed by atoms with Gasteiger partial charge in [0.05, 0.1) is 19.4 Å². The van der Waals surface area contributed by atoms with Crippen LogP contribution in [0, 0.1) is 18.3 Å². The summed E-state index contributed by atoms with van der Waals surface area (Å²) < 4.78 is 37.7. The summed E-state index contributed by atoms with van der Waals surface area (Å²) in [6.07, 6.45) is 0.756. The number of unbranched alkanes of at least 4 members (excludes halogenated alkanes) is 4. The van der Waals surface area contributed by atoms with E-state index in [1.54, 1.807) is 125 Å². The van der Waals surface area contributed by atoms with Gasteiger partial charge in [0.1, 0.15) is 87.5 Å². The Bertz CT molecular complexity index is 3420. The van der Waals surface area contributed by atoms with Crippen LogP contribution in [0.15, 0.2) is 0 Å². The summed E-state index contributed by atoms with van der Waals surface area (Å²) >= 11 is 0. The monoisotopic (exact) mass is 1690 g/mol. The predicted octanol–water partition coefficient (Wildman–Crippen LogP) is 4.90. The number of amides is 14. The van der Waals surface area contributed by atoms with Gasteiger partial charge in [0.15, 0.2) is 0 Å². The Labute approximate surface area is 701 Å². The van der Waals surface area contributed by atoms with E-state index in [0.717, 1.165) is 0 Å².